The average Bonchev–Trinajstić information content (AvgIpc) is 2.60. The van der Waals surface area contributed by atoms with E-state index in [4.69, 9.17) is 4.74 Å². The average molecular weight is 282 g/mol. The fourth-order valence-corrected chi connectivity index (χ4v) is 2.61. The molecule has 0 bridgehead atoms. The predicted octanol–water partition coefficient (Wildman–Crippen LogP) is 3.48. The van der Waals surface area contributed by atoms with Gasteiger partial charge in [0.1, 0.15) is 12.4 Å². The van der Waals surface area contributed by atoms with Gasteiger partial charge in [0.25, 0.3) is 0 Å². The Morgan fingerprint density at radius 1 is 1.32 bits per heavy atom. The first-order valence-electron chi connectivity index (χ1n) is 6.92. The number of halogens is 1. The van der Waals surface area contributed by atoms with Crippen molar-refractivity contribution in [2.24, 2.45) is 0 Å². The summed E-state index contributed by atoms with van der Waals surface area (Å²) in [5.41, 5.74) is 2.85. The number of ether oxygens (including phenoxy) is 1. The van der Waals surface area contributed by atoms with E-state index in [0.717, 1.165) is 25.1 Å². The molecular formula is C16H24ClNO. The molecule has 1 aromatic carbocycles. The second kappa shape index (κ2) is 8.23. The smallest absolute Gasteiger partial charge is 0.123 e. The van der Waals surface area contributed by atoms with Gasteiger partial charge in [-0.15, -0.1) is 12.4 Å². The molecule has 0 unspecified atom stereocenters. The van der Waals surface area contributed by atoms with Crippen molar-refractivity contribution in [3.8, 4) is 5.75 Å². The summed E-state index contributed by atoms with van der Waals surface area (Å²) in [7, 11) is 0. The third-order valence-corrected chi connectivity index (χ3v) is 3.50. The van der Waals surface area contributed by atoms with Crippen LogP contribution in [0.15, 0.2) is 30.9 Å². The molecule has 0 fully saturated rings. The number of benzene rings is 1. The summed E-state index contributed by atoms with van der Waals surface area (Å²) >= 11 is 0. The molecular weight excluding hydrogens is 258 g/mol. The van der Waals surface area contributed by atoms with Crippen molar-refractivity contribution in [2.75, 3.05) is 26.2 Å². The van der Waals surface area contributed by atoms with Crippen LogP contribution in [0.5, 0.6) is 5.75 Å². The van der Waals surface area contributed by atoms with Crippen molar-refractivity contribution >= 4 is 12.4 Å². The molecule has 19 heavy (non-hydrogen) atoms. The molecule has 0 radical (unpaired) electrons. The Morgan fingerprint density at radius 3 is 2.84 bits per heavy atom. The quantitative estimate of drug-likeness (QED) is 0.766. The topological polar surface area (TPSA) is 12.5 Å². The van der Waals surface area contributed by atoms with Gasteiger partial charge in [-0.25, -0.2) is 0 Å². The highest BCUT2D eigenvalue weighted by atomic mass is 35.5. The van der Waals surface area contributed by atoms with Crippen molar-refractivity contribution in [3.05, 3.63) is 42.0 Å². The van der Waals surface area contributed by atoms with Crippen molar-refractivity contribution in [2.45, 2.75) is 26.2 Å². The van der Waals surface area contributed by atoms with Gasteiger partial charge in [0.2, 0.25) is 0 Å². The SMILES string of the molecule is C=CCOc1cccc2c1CCN(CCC)CC2.Cl. The van der Waals surface area contributed by atoms with Gasteiger partial charge in [-0.2, -0.15) is 0 Å². The largest absolute Gasteiger partial charge is 0.489 e. The number of hydrogen-bond acceptors (Lipinski definition) is 2. The Bertz CT molecular complexity index is 406. The summed E-state index contributed by atoms with van der Waals surface area (Å²) in [6.07, 6.45) is 5.28. The van der Waals surface area contributed by atoms with Crippen LogP contribution in [0.3, 0.4) is 0 Å². The molecule has 1 aliphatic heterocycles. The lowest BCUT2D eigenvalue weighted by atomic mass is 10.0. The lowest BCUT2D eigenvalue weighted by Crippen LogP contribution is -2.27. The normalized spacial score (nSPS) is 15.0. The molecule has 0 saturated heterocycles. The van der Waals surface area contributed by atoms with Crippen LogP contribution in [-0.2, 0) is 12.8 Å². The molecule has 0 aliphatic carbocycles. The predicted molar refractivity (Wildman–Crippen MR) is 83.5 cm³/mol. The first-order valence-corrected chi connectivity index (χ1v) is 6.92. The van der Waals surface area contributed by atoms with E-state index in [0.29, 0.717) is 6.61 Å². The lowest BCUT2D eigenvalue weighted by Gasteiger charge is -2.18. The van der Waals surface area contributed by atoms with Crippen LogP contribution in [0.4, 0.5) is 0 Å². The second-order valence-electron chi connectivity index (χ2n) is 4.84. The summed E-state index contributed by atoms with van der Waals surface area (Å²) in [4.78, 5) is 2.55. The van der Waals surface area contributed by atoms with E-state index < -0.39 is 0 Å². The van der Waals surface area contributed by atoms with Crippen molar-refractivity contribution < 1.29 is 4.74 Å². The van der Waals surface area contributed by atoms with Crippen LogP contribution >= 0.6 is 12.4 Å². The lowest BCUT2D eigenvalue weighted by molar-refractivity contribution is 0.287. The molecule has 3 heteroatoms. The van der Waals surface area contributed by atoms with Gasteiger partial charge in [0.15, 0.2) is 0 Å². The number of nitrogens with zero attached hydrogens (tertiary/aromatic N) is 1. The molecule has 2 rings (SSSR count). The van der Waals surface area contributed by atoms with Crippen molar-refractivity contribution in [3.63, 3.8) is 0 Å². The molecule has 2 nitrogen and oxygen atoms in total. The van der Waals surface area contributed by atoms with Gasteiger partial charge in [0, 0.05) is 13.1 Å². The summed E-state index contributed by atoms with van der Waals surface area (Å²) in [5.74, 6) is 1.05. The standard InChI is InChI=1S/C16H23NO.ClH/c1-3-10-17-11-8-14-6-5-7-16(18-13-4-2)15(14)9-12-17;/h4-7H,2-3,8-13H2,1H3;1H. The minimum Gasteiger partial charge on any atom is -0.489 e. The van der Waals surface area contributed by atoms with E-state index >= 15 is 0 Å². The zero-order chi connectivity index (χ0) is 12.8. The van der Waals surface area contributed by atoms with E-state index in [-0.39, 0.29) is 12.4 Å². The van der Waals surface area contributed by atoms with Crippen LogP contribution in [0.1, 0.15) is 24.5 Å². The summed E-state index contributed by atoms with van der Waals surface area (Å²) in [6.45, 7) is 10.1. The Labute approximate surface area is 122 Å². The molecule has 0 saturated carbocycles. The number of fused-ring (bicyclic) bond motifs is 1. The highest BCUT2D eigenvalue weighted by Crippen LogP contribution is 2.26. The van der Waals surface area contributed by atoms with E-state index in [9.17, 15) is 0 Å². The van der Waals surface area contributed by atoms with Gasteiger partial charge in [-0.3, -0.25) is 0 Å². The number of hydrogen-bond donors (Lipinski definition) is 0. The molecule has 0 aromatic heterocycles. The number of rotatable bonds is 5. The Hall–Kier alpha value is -0.990. The highest BCUT2D eigenvalue weighted by molar-refractivity contribution is 5.85. The van der Waals surface area contributed by atoms with Crippen LogP contribution in [0, 0.1) is 0 Å². The van der Waals surface area contributed by atoms with E-state index in [1.165, 1.54) is 30.6 Å². The molecule has 1 aliphatic rings. The second-order valence-corrected chi connectivity index (χ2v) is 4.84. The highest BCUT2D eigenvalue weighted by Gasteiger charge is 2.16. The van der Waals surface area contributed by atoms with Crippen LogP contribution in [0.2, 0.25) is 0 Å². The molecule has 106 valence electrons. The summed E-state index contributed by atoms with van der Waals surface area (Å²) in [5, 5.41) is 0. The molecule has 1 aromatic rings. The monoisotopic (exact) mass is 281 g/mol. The maximum atomic E-state index is 5.77. The molecule has 0 amide bonds. The Kier molecular flexibility index (Phi) is 6.96. The third kappa shape index (κ3) is 4.26. The third-order valence-electron chi connectivity index (χ3n) is 3.50. The van der Waals surface area contributed by atoms with Crippen molar-refractivity contribution in [1.82, 2.24) is 4.90 Å². The van der Waals surface area contributed by atoms with E-state index in [2.05, 4.69) is 36.6 Å². The Morgan fingerprint density at radius 2 is 2.11 bits per heavy atom. The fourth-order valence-electron chi connectivity index (χ4n) is 2.61. The van der Waals surface area contributed by atoms with Gasteiger partial charge < -0.3 is 9.64 Å². The maximum absolute atomic E-state index is 5.77. The van der Waals surface area contributed by atoms with Crippen LogP contribution in [-0.4, -0.2) is 31.1 Å². The van der Waals surface area contributed by atoms with Gasteiger partial charge >= 0.3 is 0 Å². The van der Waals surface area contributed by atoms with Crippen molar-refractivity contribution in [1.29, 1.82) is 0 Å². The molecule has 0 spiro atoms. The zero-order valence-electron chi connectivity index (χ0n) is 11.7. The molecule has 0 N–H and O–H groups in total. The Balaban J connectivity index is 0.00000180. The van der Waals surface area contributed by atoms with Gasteiger partial charge in [0.05, 0.1) is 0 Å². The summed E-state index contributed by atoms with van der Waals surface area (Å²) < 4.78 is 5.77. The van der Waals surface area contributed by atoms with Gasteiger partial charge in [-0.05, 0) is 43.0 Å². The first kappa shape index (κ1) is 16.1. The molecule has 0 atom stereocenters. The first-order chi connectivity index (χ1) is 8.85. The van der Waals surface area contributed by atoms with E-state index in [1.807, 2.05) is 0 Å². The van der Waals surface area contributed by atoms with Crippen LogP contribution in [0.25, 0.3) is 0 Å². The fraction of sp³-hybridized carbons (Fsp3) is 0.500. The van der Waals surface area contributed by atoms with Crippen LogP contribution < -0.4 is 4.74 Å². The minimum absolute atomic E-state index is 0. The zero-order valence-corrected chi connectivity index (χ0v) is 12.5. The maximum Gasteiger partial charge on any atom is 0.123 e. The van der Waals surface area contributed by atoms with E-state index in [1.54, 1.807) is 6.08 Å². The summed E-state index contributed by atoms with van der Waals surface area (Å²) in [6, 6.07) is 6.43. The minimum atomic E-state index is 0. The molecule has 1 heterocycles. The van der Waals surface area contributed by atoms with Gasteiger partial charge in [-0.1, -0.05) is 31.7 Å².